The lowest BCUT2D eigenvalue weighted by atomic mass is 10.1. The highest BCUT2D eigenvalue weighted by Crippen LogP contribution is 2.23. The summed E-state index contributed by atoms with van der Waals surface area (Å²) in [5, 5.41) is 11.4. The number of benzene rings is 2. The van der Waals surface area contributed by atoms with Crippen LogP contribution in [0.1, 0.15) is 23.6 Å². The molecule has 3 rings (SSSR count). The lowest BCUT2D eigenvalue weighted by molar-refractivity contribution is -0.118. The highest BCUT2D eigenvalue weighted by atomic mass is 32.2. The van der Waals surface area contributed by atoms with Crippen molar-refractivity contribution in [2.24, 2.45) is 10.2 Å². The van der Waals surface area contributed by atoms with Gasteiger partial charge in [-0.15, -0.1) is 5.10 Å². The summed E-state index contributed by atoms with van der Waals surface area (Å²) in [6, 6.07) is 18.2. The van der Waals surface area contributed by atoms with Gasteiger partial charge in [0.1, 0.15) is 0 Å². The van der Waals surface area contributed by atoms with Gasteiger partial charge in [0.05, 0.1) is 11.5 Å². The molecule has 2 aromatic rings. The van der Waals surface area contributed by atoms with Gasteiger partial charge in [0.25, 0.3) is 0 Å². The van der Waals surface area contributed by atoms with Crippen LogP contribution in [0.4, 0.5) is 0 Å². The summed E-state index contributed by atoms with van der Waals surface area (Å²) in [6.07, 6.45) is 3.40. The van der Waals surface area contributed by atoms with Crippen molar-refractivity contribution in [1.82, 2.24) is 5.32 Å². The number of amides is 1. The van der Waals surface area contributed by atoms with Crippen LogP contribution in [0.2, 0.25) is 0 Å². The van der Waals surface area contributed by atoms with E-state index in [-0.39, 0.29) is 11.2 Å². The molecule has 122 valence electrons. The molecular weight excluding hydrogens is 318 g/mol. The second-order valence-electron chi connectivity index (χ2n) is 5.53. The molecule has 0 saturated carbocycles. The predicted molar refractivity (Wildman–Crippen MR) is 101 cm³/mol. The fourth-order valence-corrected chi connectivity index (χ4v) is 3.36. The van der Waals surface area contributed by atoms with E-state index in [1.54, 1.807) is 6.21 Å². The lowest BCUT2D eigenvalue weighted by Gasteiger charge is -2.06. The van der Waals surface area contributed by atoms with Crippen LogP contribution in [0.25, 0.3) is 0 Å². The van der Waals surface area contributed by atoms with E-state index in [1.807, 2.05) is 30.3 Å². The lowest BCUT2D eigenvalue weighted by Crippen LogP contribution is -2.25. The second kappa shape index (κ2) is 7.93. The molecule has 1 N–H and O–H groups in total. The van der Waals surface area contributed by atoms with Crippen molar-refractivity contribution >= 4 is 29.1 Å². The normalized spacial score (nSPS) is 19.1. The number of hydrogen-bond acceptors (Lipinski definition) is 4. The van der Waals surface area contributed by atoms with Crippen LogP contribution in [0.15, 0.2) is 64.8 Å². The molecule has 1 heterocycles. The number of aryl methyl sites for hydroxylation is 1. The number of nitrogens with one attached hydrogen (secondary N) is 1. The van der Waals surface area contributed by atoms with Gasteiger partial charge in [-0.2, -0.15) is 5.10 Å². The highest BCUT2D eigenvalue weighted by molar-refractivity contribution is 8.15. The Morgan fingerprint density at radius 3 is 2.50 bits per heavy atom. The first-order valence-electron chi connectivity index (χ1n) is 7.96. The zero-order valence-corrected chi connectivity index (χ0v) is 14.3. The van der Waals surface area contributed by atoms with Gasteiger partial charge >= 0.3 is 0 Å². The van der Waals surface area contributed by atoms with E-state index in [0.29, 0.717) is 11.6 Å². The van der Waals surface area contributed by atoms with Gasteiger partial charge in [-0.3, -0.25) is 4.79 Å². The van der Waals surface area contributed by atoms with Gasteiger partial charge in [0.15, 0.2) is 5.17 Å². The minimum Gasteiger partial charge on any atom is -0.303 e. The zero-order chi connectivity index (χ0) is 16.8. The summed E-state index contributed by atoms with van der Waals surface area (Å²) in [7, 11) is 0. The van der Waals surface area contributed by atoms with Crippen LogP contribution in [0, 0.1) is 0 Å². The summed E-state index contributed by atoms with van der Waals surface area (Å²) in [4.78, 5) is 12.1. The standard InChI is InChI=1S/C19H19N3OS/c1-2-14-8-10-15(11-9-14)12-17-18(23)21-19(24-17)22-20-13-16-6-4-3-5-7-16/h3-11,13,17H,2,12H2,1H3,(H,21,22,23)/b20-13+. The molecule has 1 aliphatic rings. The van der Waals surface area contributed by atoms with Crippen molar-refractivity contribution in [3.63, 3.8) is 0 Å². The Balaban J connectivity index is 1.60. The van der Waals surface area contributed by atoms with E-state index in [9.17, 15) is 4.79 Å². The van der Waals surface area contributed by atoms with E-state index in [0.717, 1.165) is 17.5 Å². The summed E-state index contributed by atoms with van der Waals surface area (Å²) in [5.74, 6) is -0.00627. The fraction of sp³-hybridized carbons (Fsp3) is 0.211. The zero-order valence-electron chi connectivity index (χ0n) is 13.5. The quantitative estimate of drug-likeness (QED) is 0.671. The first kappa shape index (κ1) is 16.5. The third kappa shape index (κ3) is 4.32. The van der Waals surface area contributed by atoms with Crippen molar-refractivity contribution in [2.45, 2.75) is 25.0 Å². The van der Waals surface area contributed by atoms with Crippen molar-refractivity contribution in [2.75, 3.05) is 0 Å². The topological polar surface area (TPSA) is 53.8 Å². The van der Waals surface area contributed by atoms with Crippen LogP contribution in [-0.4, -0.2) is 22.5 Å². The molecule has 1 saturated heterocycles. The molecule has 0 spiro atoms. The van der Waals surface area contributed by atoms with Crippen LogP contribution >= 0.6 is 11.8 Å². The molecule has 0 bridgehead atoms. The largest absolute Gasteiger partial charge is 0.303 e. The van der Waals surface area contributed by atoms with Crippen molar-refractivity contribution in [1.29, 1.82) is 0 Å². The first-order valence-corrected chi connectivity index (χ1v) is 8.84. The summed E-state index contributed by atoms with van der Waals surface area (Å²) >= 11 is 1.43. The summed E-state index contributed by atoms with van der Waals surface area (Å²) in [5.41, 5.74) is 3.44. The van der Waals surface area contributed by atoms with Gasteiger partial charge in [-0.25, -0.2) is 0 Å². The number of carbonyl (C=O) groups is 1. The van der Waals surface area contributed by atoms with Gasteiger partial charge < -0.3 is 5.32 Å². The predicted octanol–water partition coefficient (Wildman–Crippen LogP) is 3.41. The molecule has 0 aromatic heterocycles. The number of carbonyl (C=O) groups excluding carboxylic acids is 1. The molecular formula is C19H19N3OS. The van der Waals surface area contributed by atoms with E-state index < -0.39 is 0 Å². The molecule has 1 atom stereocenters. The highest BCUT2D eigenvalue weighted by Gasteiger charge is 2.30. The number of hydrogen-bond donors (Lipinski definition) is 1. The molecule has 4 nitrogen and oxygen atoms in total. The van der Waals surface area contributed by atoms with Crippen LogP contribution < -0.4 is 5.32 Å². The molecule has 1 fully saturated rings. The molecule has 1 aliphatic heterocycles. The molecule has 24 heavy (non-hydrogen) atoms. The van der Waals surface area contributed by atoms with E-state index >= 15 is 0 Å². The van der Waals surface area contributed by atoms with Crippen LogP contribution in [0.3, 0.4) is 0 Å². The second-order valence-corrected chi connectivity index (χ2v) is 6.72. The minimum atomic E-state index is -0.150. The first-order chi connectivity index (χ1) is 11.7. The smallest absolute Gasteiger partial charge is 0.239 e. The maximum atomic E-state index is 12.1. The van der Waals surface area contributed by atoms with Crippen molar-refractivity contribution in [3.8, 4) is 0 Å². The molecule has 0 radical (unpaired) electrons. The Kier molecular flexibility index (Phi) is 5.43. The Labute approximate surface area is 146 Å². The van der Waals surface area contributed by atoms with Gasteiger partial charge in [-0.1, -0.05) is 73.3 Å². The fourth-order valence-electron chi connectivity index (χ4n) is 2.40. The SMILES string of the molecule is CCc1ccc(CC2S/C(=N/N=C/c3ccccc3)NC2=O)cc1. The minimum absolute atomic E-state index is 0.00627. The molecule has 1 unspecified atom stereocenters. The Hall–Kier alpha value is -2.40. The average Bonchev–Trinajstić information content (AvgIpc) is 2.96. The number of thioether (sulfide) groups is 1. The van der Waals surface area contributed by atoms with Crippen molar-refractivity contribution < 1.29 is 4.79 Å². The third-order valence-electron chi connectivity index (χ3n) is 3.78. The Bertz CT molecular complexity index is 754. The van der Waals surface area contributed by atoms with Gasteiger partial charge in [0, 0.05) is 0 Å². The monoisotopic (exact) mass is 337 g/mol. The van der Waals surface area contributed by atoms with Crippen molar-refractivity contribution in [3.05, 3.63) is 71.3 Å². The number of amidine groups is 1. The third-order valence-corrected chi connectivity index (χ3v) is 4.86. The van der Waals surface area contributed by atoms with Gasteiger partial charge in [0.2, 0.25) is 5.91 Å². The van der Waals surface area contributed by atoms with Gasteiger partial charge in [-0.05, 0) is 29.5 Å². The van der Waals surface area contributed by atoms with E-state index in [4.69, 9.17) is 0 Å². The molecule has 1 amide bonds. The van der Waals surface area contributed by atoms with Crippen LogP contribution in [-0.2, 0) is 17.6 Å². The maximum absolute atomic E-state index is 12.1. The number of rotatable bonds is 5. The average molecular weight is 337 g/mol. The van der Waals surface area contributed by atoms with E-state index in [1.165, 1.54) is 17.3 Å². The molecule has 0 aliphatic carbocycles. The summed E-state index contributed by atoms with van der Waals surface area (Å²) in [6.45, 7) is 2.13. The molecule has 5 heteroatoms. The Morgan fingerprint density at radius 1 is 1.08 bits per heavy atom. The summed E-state index contributed by atoms with van der Waals surface area (Å²) < 4.78 is 0. The molecule has 2 aromatic carbocycles. The number of nitrogens with zero attached hydrogens (tertiary/aromatic N) is 2. The Morgan fingerprint density at radius 2 is 1.79 bits per heavy atom. The maximum Gasteiger partial charge on any atom is 0.239 e. The van der Waals surface area contributed by atoms with Crippen LogP contribution in [0.5, 0.6) is 0 Å². The van der Waals surface area contributed by atoms with E-state index in [2.05, 4.69) is 46.7 Å².